The van der Waals surface area contributed by atoms with Gasteiger partial charge in [-0.2, -0.15) is 5.10 Å². The monoisotopic (exact) mass is 475 g/mol. The molecule has 0 aliphatic carbocycles. The second-order valence-corrected chi connectivity index (χ2v) is 7.82. The molecule has 1 aromatic carbocycles. The third-order valence-electron chi connectivity index (χ3n) is 4.86. The molecule has 1 unspecified atom stereocenters. The van der Waals surface area contributed by atoms with Crippen LogP contribution in [0.5, 0.6) is 0 Å². The van der Waals surface area contributed by atoms with Crippen LogP contribution >= 0.6 is 36.2 Å². The van der Waals surface area contributed by atoms with Gasteiger partial charge >= 0.3 is 4.87 Å². The normalized spacial score (nSPS) is 11.6. The van der Waals surface area contributed by atoms with Crippen LogP contribution in [0.3, 0.4) is 0 Å². The van der Waals surface area contributed by atoms with Crippen LogP contribution in [0.15, 0.2) is 66.0 Å². The Kier molecular flexibility index (Phi) is 6.89. The summed E-state index contributed by atoms with van der Waals surface area (Å²) in [7, 11) is 0. The number of aromatic nitrogens is 7. The zero-order chi connectivity index (χ0) is 19.8. The number of rotatable bonds is 5. The minimum Gasteiger partial charge on any atom is -0.312 e. The summed E-state index contributed by atoms with van der Waals surface area (Å²) in [6, 6.07) is 12.0. The zero-order valence-electron chi connectivity index (χ0n) is 16.4. The van der Waals surface area contributed by atoms with Crippen LogP contribution in [0.1, 0.15) is 29.7 Å². The van der Waals surface area contributed by atoms with Crippen LogP contribution in [-0.4, -0.2) is 34.7 Å². The van der Waals surface area contributed by atoms with Gasteiger partial charge in [0.05, 0.1) is 28.7 Å². The average Bonchev–Trinajstić information content (AvgIpc) is 3.47. The predicted octanol–water partition coefficient (Wildman–Crippen LogP) is 3.81. The molecule has 1 atom stereocenters. The highest BCUT2D eigenvalue weighted by Crippen LogP contribution is 2.26. The number of hydrogen-bond donors (Lipinski definition) is 1. The van der Waals surface area contributed by atoms with Crippen LogP contribution in [0, 0.1) is 0 Å². The van der Waals surface area contributed by atoms with E-state index in [2.05, 4.69) is 33.3 Å². The van der Waals surface area contributed by atoms with Crippen molar-refractivity contribution in [3.05, 3.63) is 87.7 Å². The van der Waals surface area contributed by atoms with Crippen LogP contribution in [0.2, 0.25) is 0 Å². The third-order valence-corrected chi connectivity index (χ3v) is 5.70. The van der Waals surface area contributed by atoms with Crippen molar-refractivity contribution in [3.63, 3.8) is 0 Å². The van der Waals surface area contributed by atoms with E-state index in [0.717, 1.165) is 32.9 Å². The van der Waals surface area contributed by atoms with Gasteiger partial charge in [0.25, 0.3) is 0 Å². The van der Waals surface area contributed by atoms with E-state index in [4.69, 9.17) is 5.10 Å². The molecule has 0 aliphatic rings. The molecule has 0 radical (unpaired) electrons. The van der Waals surface area contributed by atoms with E-state index in [1.165, 1.54) is 11.3 Å². The van der Waals surface area contributed by atoms with Crippen molar-refractivity contribution < 1.29 is 0 Å². The Morgan fingerprint density at radius 2 is 2.00 bits per heavy atom. The molecule has 0 aliphatic heterocycles. The molecule has 0 saturated carbocycles. The largest absolute Gasteiger partial charge is 0.312 e. The molecule has 11 heteroatoms. The first-order valence-corrected chi connectivity index (χ1v) is 9.95. The van der Waals surface area contributed by atoms with Crippen LogP contribution in [-0.2, 0) is 6.54 Å². The molecule has 4 heterocycles. The minimum absolute atomic E-state index is 0. The van der Waals surface area contributed by atoms with Crippen molar-refractivity contribution in [3.8, 4) is 5.82 Å². The molecule has 0 saturated heterocycles. The molecule has 1 N–H and O–H groups in total. The summed E-state index contributed by atoms with van der Waals surface area (Å²) in [5.74, 6) is 0.856. The molecule has 8 nitrogen and oxygen atoms in total. The second kappa shape index (κ2) is 9.42. The molecule has 4 aromatic heterocycles. The molecule has 0 bridgehead atoms. The topological polar surface area (TPSA) is 94.3 Å². The fourth-order valence-corrected chi connectivity index (χ4v) is 4.03. The van der Waals surface area contributed by atoms with Gasteiger partial charge in [0.1, 0.15) is 0 Å². The number of aromatic amines is 1. The number of fused-ring (bicyclic) bond motifs is 1. The maximum absolute atomic E-state index is 11.5. The SMILES string of the molecule is CC(c1ccc2[nH]c(=O)sc2c1)c1ccn(-c2ccc(Cn3ccnn3)cn2)n1.Cl.Cl. The molecular formula is C20H19Cl2N7OS. The van der Waals surface area contributed by atoms with E-state index in [1.807, 2.05) is 48.9 Å². The van der Waals surface area contributed by atoms with Gasteiger partial charge in [-0.15, -0.1) is 29.9 Å². The highest BCUT2D eigenvalue weighted by Gasteiger charge is 2.14. The lowest BCUT2D eigenvalue weighted by molar-refractivity contribution is 0.647. The minimum atomic E-state index is -0.0348. The highest BCUT2D eigenvalue weighted by atomic mass is 35.5. The first-order valence-electron chi connectivity index (χ1n) is 9.13. The highest BCUT2D eigenvalue weighted by molar-refractivity contribution is 7.16. The summed E-state index contributed by atoms with van der Waals surface area (Å²) in [5.41, 5.74) is 3.98. The number of thiazole rings is 1. The second-order valence-electron chi connectivity index (χ2n) is 6.80. The van der Waals surface area contributed by atoms with Crippen molar-refractivity contribution in [2.75, 3.05) is 0 Å². The summed E-state index contributed by atoms with van der Waals surface area (Å²) in [5, 5.41) is 12.5. The van der Waals surface area contributed by atoms with Crippen molar-refractivity contribution in [2.45, 2.75) is 19.4 Å². The van der Waals surface area contributed by atoms with Gasteiger partial charge < -0.3 is 4.98 Å². The lowest BCUT2D eigenvalue weighted by Crippen LogP contribution is -2.04. The maximum atomic E-state index is 11.5. The van der Waals surface area contributed by atoms with Gasteiger partial charge in [-0.25, -0.2) is 14.3 Å². The van der Waals surface area contributed by atoms with Crippen LogP contribution < -0.4 is 4.87 Å². The Labute approximate surface area is 193 Å². The number of nitrogens with one attached hydrogen (secondary N) is 1. The Morgan fingerprint density at radius 1 is 1.13 bits per heavy atom. The number of pyridine rings is 1. The van der Waals surface area contributed by atoms with Gasteiger partial charge in [-0.3, -0.25) is 4.79 Å². The number of H-pyrrole nitrogens is 1. The lowest BCUT2D eigenvalue weighted by Gasteiger charge is -2.09. The summed E-state index contributed by atoms with van der Waals surface area (Å²) < 4.78 is 4.49. The van der Waals surface area contributed by atoms with E-state index in [9.17, 15) is 4.79 Å². The Bertz CT molecular complexity index is 1330. The van der Waals surface area contributed by atoms with Gasteiger partial charge in [0.15, 0.2) is 5.82 Å². The van der Waals surface area contributed by atoms with E-state index in [-0.39, 0.29) is 35.6 Å². The molecule has 5 aromatic rings. The fraction of sp³-hybridized carbons (Fsp3) is 0.150. The average molecular weight is 476 g/mol. The molecular weight excluding hydrogens is 457 g/mol. The summed E-state index contributed by atoms with van der Waals surface area (Å²) in [4.78, 5) is 18.9. The summed E-state index contributed by atoms with van der Waals surface area (Å²) in [6.45, 7) is 2.74. The first-order chi connectivity index (χ1) is 14.2. The van der Waals surface area contributed by atoms with Gasteiger partial charge in [-0.05, 0) is 35.4 Å². The molecule has 31 heavy (non-hydrogen) atoms. The van der Waals surface area contributed by atoms with Crippen molar-refractivity contribution >= 4 is 46.4 Å². The van der Waals surface area contributed by atoms with Gasteiger partial charge in [0, 0.05) is 24.5 Å². The molecule has 0 fully saturated rings. The maximum Gasteiger partial charge on any atom is 0.305 e. The lowest BCUT2D eigenvalue weighted by atomic mass is 9.98. The number of nitrogens with zero attached hydrogens (tertiary/aromatic N) is 6. The van der Waals surface area contributed by atoms with Gasteiger partial charge in [-0.1, -0.05) is 35.6 Å². The third kappa shape index (κ3) is 4.68. The zero-order valence-corrected chi connectivity index (χ0v) is 18.8. The number of hydrogen-bond acceptors (Lipinski definition) is 6. The fourth-order valence-electron chi connectivity index (χ4n) is 3.25. The Balaban J connectivity index is 0.00000136. The van der Waals surface area contributed by atoms with Crippen LogP contribution in [0.25, 0.3) is 16.0 Å². The summed E-state index contributed by atoms with van der Waals surface area (Å²) >= 11 is 1.23. The quantitative estimate of drug-likeness (QED) is 0.417. The Hall–Kier alpha value is -3.01. The van der Waals surface area contributed by atoms with E-state index < -0.39 is 0 Å². The van der Waals surface area contributed by atoms with E-state index >= 15 is 0 Å². The molecule has 5 rings (SSSR count). The van der Waals surface area contributed by atoms with Crippen molar-refractivity contribution in [1.29, 1.82) is 0 Å². The smallest absolute Gasteiger partial charge is 0.305 e. The molecule has 160 valence electrons. The van der Waals surface area contributed by atoms with Crippen LogP contribution in [0.4, 0.5) is 0 Å². The van der Waals surface area contributed by atoms with Crippen molar-refractivity contribution in [1.82, 2.24) is 34.7 Å². The summed E-state index contributed by atoms with van der Waals surface area (Å²) in [6.07, 6.45) is 7.21. The van der Waals surface area contributed by atoms with Gasteiger partial charge in [0.2, 0.25) is 0 Å². The van der Waals surface area contributed by atoms with Crippen molar-refractivity contribution in [2.24, 2.45) is 0 Å². The first kappa shape index (κ1) is 22.7. The number of benzene rings is 1. The molecule has 0 amide bonds. The standard InChI is InChI=1S/C20H17N7OS.2ClH/c1-13(15-3-4-17-18(10-15)29-20(28)23-17)16-6-8-27(24-16)19-5-2-14(11-21-19)12-26-9-7-22-25-26;;/h2-11,13H,12H2,1H3,(H,23,28);2*1H. The van der Waals surface area contributed by atoms with E-state index in [1.54, 1.807) is 15.6 Å². The molecule has 0 spiro atoms. The van der Waals surface area contributed by atoms with E-state index in [0.29, 0.717) is 6.54 Å². The number of halogens is 2. The predicted molar refractivity (Wildman–Crippen MR) is 125 cm³/mol. The Morgan fingerprint density at radius 3 is 2.74 bits per heavy atom.